The van der Waals surface area contributed by atoms with Crippen LogP contribution in [0.4, 0.5) is 0 Å². The summed E-state index contributed by atoms with van der Waals surface area (Å²) in [6.45, 7) is 3.13. The SMILES string of the molecule is CCCCCCCCCCCCCCOc1cc[c]cc1. The van der Waals surface area contributed by atoms with Crippen molar-refractivity contribution in [1.82, 2.24) is 0 Å². The van der Waals surface area contributed by atoms with Gasteiger partial charge in [0.15, 0.2) is 0 Å². The van der Waals surface area contributed by atoms with E-state index >= 15 is 0 Å². The normalized spacial score (nSPS) is 10.7. The average Bonchev–Trinajstić information content (AvgIpc) is 2.53. The van der Waals surface area contributed by atoms with Crippen LogP contribution < -0.4 is 4.74 Å². The lowest BCUT2D eigenvalue weighted by molar-refractivity contribution is 0.304. The van der Waals surface area contributed by atoms with Gasteiger partial charge in [-0.05, 0) is 24.6 Å². The zero-order chi connectivity index (χ0) is 15.0. The van der Waals surface area contributed by atoms with Gasteiger partial charge in [-0.2, -0.15) is 0 Å². The van der Waals surface area contributed by atoms with E-state index in [-0.39, 0.29) is 0 Å². The molecule has 0 saturated heterocycles. The number of hydrogen-bond donors (Lipinski definition) is 0. The van der Waals surface area contributed by atoms with Crippen LogP contribution in [0.25, 0.3) is 0 Å². The number of ether oxygens (including phenoxy) is 1. The molecule has 0 unspecified atom stereocenters. The highest BCUT2D eigenvalue weighted by molar-refractivity contribution is 5.20. The van der Waals surface area contributed by atoms with E-state index in [1.54, 1.807) is 0 Å². The van der Waals surface area contributed by atoms with Crippen LogP contribution in [0.3, 0.4) is 0 Å². The van der Waals surface area contributed by atoms with E-state index in [0.29, 0.717) is 0 Å². The Bertz CT molecular complexity index is 307. The van der Waals surface area contributed by atoms with Crippen molar-refractivity contribution in [3.05, 3.63) is 30.3 Å². The lowest BCUT2D eigenvalue weighted by Crippen LogP contribution is -1.96. The summed E-state index contributed by atoms with van der Waals surface area (Å²) in [7, 11) is 0. The molecular formula is C20H33O. The van der Waals surface area contributed by atoms with Crippen molar-refractivity contribution < 1.29 is 4.74 Å². The number of benzene rings is 1. The van der Waals surface area contributed by atoms with Gasteiger partial charge < -0.3 is 4.74 Å². The Kier molecular flexibility index (Phi) is 12.0. The van der Waals surface area contributed by atoms with Crippen LogP contribution in [0.2, 0.25) is 0 Å². The summed E-state index contributed by atoms with van der Waals surface area (Å²) in [5.74, 6) is 0.969. The van der Waals surface area contributed by atoms with Crippen molar-refractivity contribution in [3.8, 4) is 5.75 Å². The van der Waals surface area contributed by atoms with Gasteiger partial charge in [-0.25, -0.2) is 0 Å². The van der Waals surface area contributed by atoms with Gasteiger partial charge in [0.05, 0.1) is 6.61 Å². The molecule has 0 aromatic heterocycles. The van der Waals surface area contributed by atoms with Gasteiger partial charge in [-0.15, -0.1) is 0 Å². The predicted molar refractivity (Wildman–Crippen MR) is 91.9 cm³/mol. The van der Waals surface area contributed by atoms with E-state index in [2.05, 4.69) is 13.0 Å². The van der Waals surface area contributed by atoms with Crippen LogP contribution in [0.15, 0.2) is 24.3 Å². The first kappa shape index (κ1) is 18.1. The summed E-state index contributed by atoms with van der Waals surface area (Å²) in [4.78, 5) is 0. The molecular weight excluding hydrogens is 256 g/mol. The predicted octanol–water partition coefficient (Wildman–Crippen LogP) is 6.57. The second kappa shape index (κ2) is 14.0. The lowest BCUT2D eigenvalue weighted by atomic mass is 10.1. The Morgan fingerprint density at radius 1 is 0.714 bits per heavy atom. The molecule has 119 valence electrons. The Morgan fingerprint density at radius 3 is 1.71 bits per heavy atom. The number of hydrogen-bond acceptors (Lipinski definition) is 1. The van der Waals surface area contributed by atoms with E-state index in [0.717, 1.165) is 12.4 Å². The fourth-order valence-corrected chi connectivity index (χ4v) is 2.60. The fraction of sp³-hybridized carbons (Fsp3) is 0.700. The van der Waals surface area contributed by atoms with Gasteiger partial charge in [0.2, 0.25) is 0 Å². The summed E-state index contributed by atoms with van der Waals surface area (Å²) >= 11 is 0. The average molecular weight is 289 g/mol. The van der Waals surface area contributed by atoms with Gasteiger partial charge in [0.25, 0.3) is 0 Å². The fourth-order valence-electron chi connectivity index (χ4n) is 2.60. The Balaban J connectivity index is 1.75. The summed E-state index contributed by atoms with van der Waals surface area (Å²) in [5.41, 5.74) is 0. The van der Waals surface area contributed by atoms with Crippen molar-refractivity contribution in [1.29, 1.82) is 0 Å². The van der Waals surface area contributed by atoms with Crippen LogP contribution >= 0.6 is 0 Å². The quantitative estimate of drug-likeness (QED) is 0.352. The van der Waals surface area contributed by atoms with Gasteiger partial charge in [0, 0.05) is 0 Å². The van der Waals surface area contributed by atoms with Crippen LogP contribution in [0, 0.1) is 6.07 Å². The van der Waals surface area contributed by atoms with Crippen molar-refractivity contribution in [2.24, 2.45) is 0 Å². The molecule has 1 nitrogen and oxygen atoms in total. The van der Waals surface area contributed by atoms with Crippen molar-refractivity contribution >= 4 is 0 Å². The van der Waals surface area contributed by atoms with E-state index in [9.17, 15) is 0 Å². The molecule has 0 bridgehead atoms. The molecule has 0 N–H and O–H groups in total. The molecule has 1 aromatic rings. The zero-order valence-corrected chi connectivity index (χ0v) is 13.9. The Labute approximate surface area is 132 Å². The molecule has 0 aliphatic heterocycles. The summed E-state index contributed by atoms with van der Waals surface area (Å²) in [6.07, 6.45) is 16.6. The second-order valence-corrected chi connectivity index (χ2v) is 5.97. The first-order valence-electron chi connectivity index (χ1n) is 9.02. The largest absolute Gasteiger partial charge is 0.494 e. The monoisotopic (exact) mass is 289 g/mol. The molecule has 1 rings (SSSR count). The van der Waals surface area contributed by atoms with Crippen molar-refractivity contribution in [2.75, 3.05) is 6.61 Å². The molecule has 0 saturated carbocycles. The van der Waals surface area contributed by atoms with Gasteiger partial charge in [-0.3, -0.25) is 0 Å². The lowest BCUT2D eigenvalue weighted by Gasteiger charge is -2.05. The Hall–Kier alpha value is -0.980. The van der Waals surface area contributed by atoms with Gasteiger partial charge in [0.1, 0.15) is 5.75 Å². The third-order valence-electron chi connectivity index (χ3n) is 3.95. The smallest absolute Gasteiger partial charge is 0.119 e. The molecule has 1 radical (unpaired) electrons. The maximum absolute atomic E-state index is 5.68. The second-order valence-electron chi connectivity index (χ2n) is 5.97. The number of rotatable bonds is 14. The van der Waals surface area contributed by atoms with Crippen LogP contribution in [-0.2, 0) is 0 Å². The minimum atomic E-state index is 0.849. The van der Waals surface area contributed by atoms with E-state index in [1.807, 2.05) is 24.3 Å². The molecule has 1 aromatic carbocycles. The molecule has 21 heavy (non-hydrogen) atoms. The standard InChI is InChI=1S/C20H33O/c1-2-3-4-5-6-7-8-9-10-11-12-16-19-21-20-17-14-13-15-18-20/h14-15,17-18H,2-12,16,19H2,1H3. The molecule has 1 heteroatoms. The number of unbranched alkanes of at least 4 members (excludes halogenated alkanes) is 11. The minimum Gasteiger partial charge on any atom is -0.494 e. The maximum atomic E-state index is 5.68. The van der Waals surface area contributed by atoms with Crippen LogP contribution in [0.5, 0.6) is 5.75 Å². The van der Waals surface area contributed by atoms with E-state index in [1.165, 1.54) is 77.0 Å². The first-order chi connectivity index (χ1) is 10.4. The highest BCUT2D eigenvalue weighted by Gasteiger charge is 1.94. The third-order valence-corrected chi connectivity index (χ3v) is 3.95. The molecule has 0 amide bonds. The first-order valence-corrected chi connectivity index (χ1v) is 9.02. The highest BCUT2D eigenvalue weighted by atomic mass is 16.5. The third kappa shape index (κ3) is 11.4. The van der Waals surface area contributed by atoms with Gasteiger partial charge >= 0.3 is 0 Å². The van der Waals surface area contributed by atoms with Crippen LogP contribution in [-0.4, -0.2) is 6.61 Å². The topological polar surface area (TPSA) is 9.23 Å². The molecule has 0 aliphatic carbocycles. The van der Waals surface area contributed by atoms with Crippen molar-refractivity contribution in [2.45, 2.75) is 84.0 Å². The minimum absolute atomic E-state index is 0.849. The van der Waals surface area contributed by atoms with E-state index < -0.39 is 0 Å². The van der Waals surface area contributed by atoms with Gasteiger partial charge in [-0.1, -0.05) is 89.7 Å². The zero-order valence-electron chi connectivity index (χ0n) is 13.9. The summed E-state index contributed by atoms with van der Waals surface area (Å²) in [6, 6.07) is 10.7. The Morgan fingerprint density at radius 2 is 1.19 bits per heavy atom. The molecule has 0 atom stereocenters. The van der Waals surface area contributed by atoms with Crippen molar-refractivity contribution in [3.63, 3.8) is 0 Å². The molecule has 0 fully saturated rings. The summed E-state index contributed by atoms with van der Waals surface area (Å²) < 4.78 is 5.68. The highest BCUT2D eigenvalue weighted by Crippen LogP contribution is 2.13. The summed E-state index contributed by atoms with van der Waals surface area (Å²) in [5, 5.41) is 0. The van der Waals surface area contributed by atoms with Crippen LogP contribution in [0.1, 0.15) is 84.0 Å². The van der Waals surface area contributed by atoms with E-state index in [4.69, 9.17) is 4.74 Å². The molecule has 0 aliphatic rings. The maximum Gasteiger partial charge on any atom is 0.119 e. The molecule has 0 heterocycles. The molecule has 0 spiro atoms.